The van der Waals surface area contributed by atoms with E-state index in [2.05, 4.69) is 24.0 Å². The molecule has 4 aliphatic heterocycles. The van der Waals surface area contributed by atoms with Gasteiger partial charge in [-0.05, 0) is 222 Å². The van der Waals surface area contributed by atoms with Crippen LogP contribution in [0.3, 0.4) is 0 Å². The van der Waals surface area contributed by atoms with Crippen molar-refractivity contribution in [2.75, 3.05) is 59.2 Å². The van der Waals surface area contributed by atoms with Crippen LogP contribution in [-0.2, 0) is 70.8 Å². The lowest BCUT2D eigenvalue weighted by Gasteiger charge is -2.36. The zero-order valence-corrected chi connectivity index (χ0v) is 69.4. The summed E-state index contributed by atoms with van der Waals surface area (Å²) in [5, 5.41) is -0.800. The second-order valence-electron chi connectivity index (χ2n) is 33.4. The summed E-state index contributed by atoms with van der Waals surface area (Å²) in [7, 11) is 1.25. The van der Waals surface area contributed by atoms with Crippen LogP contribution in [0.1, 0.15) is 166 Å². The molecule has 0 bridgehead atoms. The van der Waals surface area contributed by atoms with Crippen molar-refractivity contribution >= 4 is 115 Å². The van der Waals surface area contributed by atoms with Crippen LogP contribution in [-0.4, -0.2) is 131 Å². The van der Waals surface area contributed by atoms with Crippen molar-refractivity contribution < 1.29 is 86.0 Å². The molecule has 0 N–H and O–H groups in total. The first-order valence-corrected chi connectivity index (χ1v) is 42.9. The molecule has 17 rings (SSSR count). The van der Waals surface area contributed by atoms with Gasteiger partial charge in [-0.1, -0.05) is 68.7 Å². The number of nitrogens with zero attached hydrogens (tertiary/aromatic N) is 7. The number of aromatic nitrogens is 3. The average Bonchev–Trinajstić information content (AvgIpc) is 1.52. The fraction of sp³-hybridized carbons (Fsp3) is 0.351. The van der Waals surface area contributed by atoms with Gasteiger partial charge in [0, 0.05) is 37.2 Å². The molecule has 7 heterocycles. The third-order valence-corrected chi connectivity index (χ3v) is 25.6. The van der Waals surface area contributed by atoms with Crippen molar-refractivity contribution in [3.8, 4) is 17.2 Å². The molecule has 3 aliphatic carbocycles. The summed E-state index contributed by atoms with van der Waals surface area (Å²) in [4.78, 5) is 237. The number of carbonyl (C=O) groups is 12. The van der Waals surface area contributed by atoms with E-state index in [0.29, 0.717) is 104 Å². The molecule has 29 nitrogen and oxygen atoms in total. The molecule has 3 aromatic heterocycles. The number of rotatable bonds is 34. The Labute approximate surface area is 720 Å². The molecule has 8 unspecified atom stereocenters. The predicted octanol–water partition coefficient (Wildman–Crippen LogP) is 11.1. The van der Waals surface area contributed by atoms with Gasteiger partial charge in [-0.25, -0.2) is 38.6 Å². The number of carbonyl (C=O) groups excluding carboxylic acids is 12. The number of fused-ring (bicyclic) bond motifs is 10. The lowest BCUT2D eigenvalue weighted by Crippen LogP contribution is -2.50. The maximum absolute atomic E-state index is 15.2. The van der Waals surface area contributed by atoms with Gasteiger partial charge in [0.2, 0.25) is 47.3 Å². The van der Waals surface area contributed by atoms with Gasteiger partial charge < -0.3 is 28.4 Å². The van der Waals surface area contributed by atoms with E-state index in [1.165, 1.54) is 50.1 Å². The first kappa shape index (κ1) is 84.4. The number of anilines is 4. The van der Waals surface area contributed by atoms with Crippen LogP contribution in [0.4, 0.5) is 22.7 Å². The second kappa shape index (κ2) is 35.4. The third-order valence-electron chi connectivity index (χ3n) is 25.6. The number of ketones is 1. The van der Waals surface area contributed by atoms with Crippen molar-refractivity contribution in [3.05, 3.63) is 256 Å². The Hall–Kier alpha value is -13.8. The first-order valence-electron chi connectivity index (χ1n) is 42.9. The number of hydrogen-bond acceptors (Lipinski definition) is 23. The van der Waals surface area contributed by atoms with E-state index in [4.69, 9.17) is 28.4 Å². The zero-order chi connectivity index (χ0) is 88.0. The Morgan fingerprint density at radius 3 is 1.20 bits per heavy atom. The van der Waals surface area contributed by atoms with Crippen LogP contribution in [0.5, 0.6) is 11.5 Å². The second-order valence-corrected chi connectivity index (χ2v) is 33.4. The highest BCUT2D eigenvalue weighted by atomic mass is 16.5. The fourth-order valence-electron chi connectivity index (χ4n) is 19.0. The van der Waals surface area contributed by atoms with Gasteiger partial charge in [0.25, 0.3) is 22.2 Å². The molecule has 126 heavy (non-hydrogen) atoms. The van der Waals surface area contributed by atoms with Crippen molar-refractivity contribution in [1.29, 1.82) is 0 Å². The molecular weight excluding hydrogens is 1620 g/mol. The molecule has 29 heteroatoms. The Bertz CT molecular complexity index is 6160. The summed E-state index contributed by atoms with van der Waals surface area (Å²) >= 11 is 0. The lowest BCUT2D eigenvalue weighted by atomic mass is 9.59. The van der Waals surface area contributed by atoms with E-state index in [9.17, 15) is 47.9 Å². The van der Waals surface area contributed by atoms with Crippen LogP contribution in [0.15, 0.2) is 189 Å². The number of amides is 8. The highest BCUT2D eigenvalue weighted by Gasteiger charge is 2.75. The molecule has 0 radical (unpaired) electrons. The summed E-state index contributed by atoms with van der Waals surface area (Å²) in [5.74, 6) is -20.6. The fourth-order valence-corrected chi connectivity index (χ4v) is 19.0. The number of benzene rings is 7. The molecule has 7 aromatic carbocycles. The van der Waals surface area contributed by atoms with Crippen molar-refractivity contribution in [2.24, 2.45) is 54.4 Å². The van der Waals surface area contributed by atoms with Gasteiger partial charge in [0.1, 0.15) is 11.5 Å². The quantitative estimate of drug-likeness (QED) is 0.0119. The van der Waals surface area contributed by atoms with E-state index in [1.807, 2.05) is 30.3 Å². The third kappa shape index (κ3) is 15.7. The van der Waals surface area contributed by atoms with Crippen LogP contribution in [0.25, 0.3) is 27.2 Å². The number of esters is 3. The van der Waals surface area contributed by atoms with Crippen LogP contribution >= 0.6 is 0 Å². The molecule has 7 aliphatic rings. The number of pyridine rings is 1. The van der Waals surface area contributed by atoms with E-state index < -0.39 is 135 Å². The summed E-state index contributed by atoms with van der Waals surface area (Å²) in [6.07, 6.45) is 15.5. The van der Waals surface area contributed by atoms with Crippen LogP contribution < -0.4 is 51.3 Å². The molecule has 8 atom stereocenters. The van der Waals surface area contributed by atoms with Gasteiger partial charge in [-0.2, -0.15) is 0 Å². The van der Waals surface area contributed by atoms with Crippen LogP contribution in [0.2, 0.25) is 0 Å². The van der Waals surface area contributed by atoms with Crippen molar-refractivity contribution in [3.63, 3.8) is 0 Å². The topological polar surface area (TPSA) is 364 Å². The molecule has 0 spiro atoms. The minimum atomic E-state index is -1.55. The van der Waals surface area contributed by atoms with E-state index in [-0.39, 0.29) is 105 Å². The SMILES string of the molecule is CCCCCCOC1CCC(c2ccc(OCCCCOC(=O)c3cc(N4C(=O)C5C6C(=O)N(c7cc(C(=O)OCCCCc8ccncc8)cc(N8C(=O)C9C%10C(=O)N(c%11cc(C)cc(C(=O)OCCCCOc%12ccc(C(=O)c%13ccccc%13)cc%12)c%11)C(=O)C%10C9C8=O)c7)C(=O)C6C5C4=O)cc(-n4c(=O)c5cc6c(=O)n(C)c(=O)c6cc5c4=O)c3)cc2)CC1. The number of aryl methyl sites for hydroxylation is 2. The van der Waals surface area contributed by atoms with Gasteiger partial charge >= 0.3 is 17.9 Å². The minimum Gasteiger partial charge on any atom is -0.494 e. The molecule has 8 amide bonds. The molecule has 10 aromatic rings. The number of ether oxygens (including phenoxy) is 6. The minimum absolute atomic E-state index is 0.00407. The van der Waals surface area contributed by atoms with Gasteiger partial charge in [0.05, 0.1) is 153 Å². The molecule has 644 valence electrons. The number of hydrogen-bond donors (Lipinski definition) is 0. The van der Waals surface area contributed by atoms with Crippen LogP contribution in [0, 0.1) is 54.3 Å². The summed E-state index contributed by atoms with van der Waals surface area (Å²) in [5.41, 5.74) is -1.82. The smallest absolute Gasteiger partial charge is 0.338 e. The lowest BCUT2D eigenvalue weighted by molar-refractivity contribution is -0.146. The largest absolute Gasteiger partial charge is 0.494 e. The van der Waals surface area contributed by atoms with Gasteiger partial charge in [-0.15, -0.1) is 0 Å². The standard InChI is InChI=1S/C97H89N7O22/c1-4-5-6-11-36-121-67-26-20-55(21-27-67)56-22-28-68(29-23-56)122-37-14-16-41-126-97(120)60-45-63(100-85(108)72-51-70-71(52-73(72)86(100)109)84(107)99(3)83(70)106)49-64(46-60)102-91(114)78-79(92(102)115)81-80(78)93(116)104(94(81)117)66-48-61(96(119)124-39-12-10-17-54-32-34-98-35-33-54)47-65(50-66)103-89(112)76-74-75(77(76)90(103)113)88(111)101(87(74)110)62-43-53(2)42-59(44-62)95(118)125-40-15-13-38-123-69-30-24-58(25-31-69)82(105)57-18-8-7-9-19-57/h7-9,18-19,22-25,28-35,42-52,55,67,74-81H,4-6,10-17,20-21,26-27,36-41H2,1-3H3. The Morgan fingerprint density at radius 1 is 0.365 bits per heavy atom. The average molecular weight is 1700 g/mol. The number of imide groups is 4. The Balaban J connectivity index is 0.581. The van der Waals surface area contributed by atoms with Gasteiger partial charge in [0.15, 0.2) is 5.78 Å². The molecular formula is C97H89N7O22. The normalized spacial score (nSPS) is 21.1. The highest BCUT2D eigenvalue weighted by Crippen LogP contribution is 2.60. The van der Waals surface area contributed by atoms with E-state index in [0.717, 1.165) is 102 Å². The summed E-state index contributed by atoms with van der Waals surface area (Å²) < 4.78 is 36.7. The zero-order valence-electron chi connectivity index (χ0n) is 69.4. The first-order chi connectivity index (χ1) is 61.0. The summed E-state index contributed by atoms with van der Waals surface area (Å²) in [6.45, 7) is 4.87. The predicted molar refractivity (Wildman–Crippen MR) is 458 cm³/mol. The number of unbranched alkanes of at least 4 members (excludes halogenated alkanes) is 6. The highest BCUT2D eigenvalue weighted by molar-refractivity contribution is 6.34. The Kier molecular flexibility index (Phi) is 23.7. The monoisotopic (exact) mass is 1700 g/mol. The molecule has 3 saturated carbocycles. The maximum atomic E-state index is 15.2. The molecule has 7 fully saturated rings. The Morgan fingerprint density at radius 2 is 0.746 bits per heavy atom. The summed E-state index contributed by atoms with van der Waals surface area (Å²) in [6, 6.07) is 40.6. The van der Waals surface area contributed by atoms with E-state index >= 15 is 28.8 Å². The van der Waals surface area contributed by atoms with E-state index in [1.54, 1.807) is 67.8 Å². The molecule has 4 saturated heterocycles. The van der Waals surface area contributed by atoms with Crippen molar-refractivity contribution in [2.45, 2.75) is 122 Å². The van der Waals surface area contributed by atoms with Gasteiger partial charge in [-0.3, -0.25) is 71.9 Å². The van der Waals surface area contributed by atoms with Crippen molar-refractivity contribution in [1.82, 2.24) is 14.1 Å². The maximum Gasteiger partial charge on any atom is 0.338 e.